The molecule has 0 aromatic rings. The average molecular weight is 240 g/mol. The van der Waals surface area contributed by atoms with Crippen molar-refractivity contribution >= 4 is 0 Å². The van der Waals surface area contributed by atoms with Gasteiger partial charge in [0.25, 0.3) is 0 Å². The zero-order valence-corrected chi connectivity index (χ0v) is 11.0. The maximum atomic E-state index is 5.83. The van der Waals surface area contributed by atoms with Crippen molar-refractivity contribution in [2.24, 2.45) is 23.5 Å². The van der Waals surface area contributed by atoms with Crippen molar-refractivity contribution < 1.29 is 4.74 Å². The summed E-state index contributed by atoms with van der Waals surface area (Å²) < 4.78 is 5.61. The summed E-state index contributed by atoms with van der Waals surface area (Å²) in [5.41, 5.74) is 5.83. The lowest BCUT2D eigenvalue weighted by Crippen LogP contribution is -2.35. The molecule has 17 heavy (non-hydrogen) atoms. The van der Waals surface area contributed by atoms with Crippen LogP contribution in [0.4, 0.5) is 0 Å². The monoisotopic (exact) mass is 240 g/mol. The first-order valence-corrected chi connectivity index (χ1v) is 7.38. The van der Waals surface area contributed by atoms with Gasteiger partial charge in [0.05, 0.1) is 6.61 Å². The number of hydrogen-bond donors (Lipinski definition) is 2. The molecule has 2 fully saturated rings. The number of nitrogens with two attached hydrogens (primary N) is 1. The highest BCUT2D eigenvalue weighted by Gasteiger charge is 2.23. The number of rotatable bonds is 8. The summed E-state index contributed by atoms with van der Waals surface area (Å²) in [6.45, 7) is 4.85. The molecule has 0 aliphatic heterocycles. The second-order valence-electron chi connectivity index (χ2n) is 5.76. The Morgan fingerprint density at radius 2 is 1.82 bits per heavy atom. The molecule has 3 N–H and O–H groups in total. The number of hydrogen-bond acceptors (Lipinski definition) is 3. The molecule has 2 saturated carbocycles. The van der Waals surface area contributed by atoms with Gasteiger partial charge < -0.3 is 15.8 Å². The van der Waals surface area contributed by atoms with E-state index in [0.717, 1.165) is 50.6 Å². The summed E-state index contributed by atoms with van der Waals surface area (Å²) >= 11 is 0. The van der Waals surface area contributed by atoms with Gasteiger partial charge in [0.2, 0.25) is 0 Å². The lowest BCUT2D eigenvalue weighted by atomic mass is 9.79. The highest BCUT2D eigenvalue weighted by Crippen LogP contribution is 2.29. The van der Waals surface area contributed by atoms with E-state index in [0.29, 0.717) is 0 Å². The lowest BCUT2D eigenvalue weighted by Gasteiger charge is -2.30. The fraction of sp³-hybridized carbons (Fsp3) is 1.00. The van der Waals surface area contributed by atoms with Gasteiger partial charge in [0.1, 0.15) is 0 Å². The topological polar surface area (TPSA) is 47.3 Å². The Morgan fingerprint density at radius 1 is 1.06 bits per heavy atom. The Bertz CT molecular complexity index is 206. The van der Waals surface area contributed by atoms with Crippen molar-refractivity contribution in [2.75, 3.05) is 32.8 Å². The SMILES string of the molecule is NCC1CCCCC1CNCCOCC1CC1. The Hall–Kier alpha value is -0.120. The van der Waals surface area contributed by atoms with Gasteiger partial charge in [0, 0.05) is 13.2 Å². The van der Waals surface area contributed by atoms with Crippen LogP contribution in [0.3, 0.4) is 0 Å². The van der Waals surface area contributed by atoms with E-state index in [1.807, 2.05) is 0 Å². The van der Waals surface area contributed by atoms with Crippen molar-refractivity contribution in [2.45, 2.75) is 38.5 Å². The molecule has 0 radical (unpaired) electrons. The van der Waals surface area contributed by atoms with Gasteiger partial charge in [-0.15, -0.1) is 0 Å². The van der Waals surface area contributed by atoms with E-state index in [9.17, 15) is 0 Å². The maximum Gasteiger partial charge on any atom is 0.0591 e. The summed E-state index contributed by atoms with van der Waals surface area (Å²) in [4.78, 5) is 0. The van der Waals surface area contributed by atoms with Gasteiger partial charge in [-0.3, -0.25) is 0 Å². The van der Waals surface area contributed by atoms with Crippen LogP contribution < -0.4 is 11.1 Å². The molecular weight excluding hydrogens is 212 g/mol. The molecule has 0 saturated heterocycles. The van der Waals surface area contributed by atoms with Gasteiger partial charge >= 0.3 is 0 Å². The van der Waals surface area contributed by atoms with E-state index in [-0.39, 0.29) is 0 Å². The molecular formula is C14H28N2O. The van der Waals surface area contributed by atoms with Crippen molar-refractivity contribution in [1.82, 2.24) is 5.32 Å². The van der Waals surface area contributed by atoms with E-state index in [2.05, 4.69) is 5.32 Å². The van der Waals surface area contributed by atoms with Crippen LogP contribution in [0.2, 0.25) is 0 Å². The Morgan fingerprint density at radius 3 is 2.53 bits per heavy atom. The third kappa shape index (κ3) is 4.94. The van der Waals surface area contributed by atoms with E-state index < -0.39 is 0 Å². The second-order valence-corrected chi connectivity index (χ2v) is 5.76. The molecule has 0 heterocycles. The molecule has 0 spiro atoms. The van der Waals surface area contributed by atoms with Crippen LogP contribution in [-0.2, 0) is 4.74 Å². The molecule has 3 heteroatoms. The highest BCUT2D eigenvalue weighted by molar-refractivity contribution is 4.77. The molecule has 0 amide bonds. The maximum absolute atomic E-state index is 5.83. The molecule has 2 aliphatic rings. The fourth-order valence-corrected chi connectivity index (χ4v) is 2.83. The summed E-state index contributed by atoms with van der Waals surface area (Å²) in [5.74, 6) is 2.44. The second kappa shape index (κ2) is 7.34. The minimum atomic E-state index is 0.753. The Labute approximate surface area is 105 Å². The van der Waals surface area contributed by atoms with Gasteiger partial charge in [0.15, 0.2) is 0 Å². The van der Waals surface area contributed by atoms with E-state index in [4.69, 9.17) is 10.5 Å². The van der Waals surface area contributed by atoms with E-state index in [1.54, 1.807) is 0 Å². The van der Waals surface area contributed by atoms with Gasteiger partial charge in [-0.05, 0) is 56.5 Å². The molecule has 2 unspecified atom stereocenters. The standard InChI is InChI=1S/C14H28N2O/c15-9-13-3-1-2-4-14(13)10-16-7-8-17-11-12-5-6-12/h12-14,16H,1-11,15H2. The minimum absolute atomic E-state index is 0.753. The van der Waals surface area contributed by atoms with Gasteiger partial charge in [-0.25, -0.2) is 0 Å². The zero-order chi connectivity index (χ0) is 11.9. The van der Waals surface area contributed by atoms with Gasteiger partial charge in [-0.2, -0.15) is 0 Å². The van der Waals surface area contributed by atoms with Crippen LogP contribution in [0, 0.1) is 17.8 Å². The first-order valence-electron chi connectivity index (χ1n) is 7.38. The first-order chi connectivity index (χ1) is 8.40. The Balaban J connectivity index is 1.47. The average Bonchev–Trinajstić information content (AvgIpc) is 3.18. The van der Waals surface area contributed by atoms with E-state index in [1.165, 1.54) is 38.5 Å². The molecule has 100 valence electrons. The van der Waals surface area contributed by atoms with Crippen LogP contribution >= 0.6 is 0 Å². The summed E-state index contributed by atoms with van der Waals surface area (Å²) in [7, 11) is 0. The van der Waals surface area contributed by atoms with Crippen LogP contribution in [0.25, 0.3) is 0 Å². The van der Waals surface area contributed by atoms with E-state index >= 15 is 0 Å². The molecule has 0 aromatic heterocycles. The predicted octanol–water partition coefficient (Wildman–Crippen LogP) is 1.77. The summed E-state index contributed by atoms with van der Waals surface area (Å²) in [6.07, 6.45) is 8.23. The van der Waals surface area contributed by atoms with Crippen molar-refractivity contribution in [1.29, 1.82) is 0 Å². The molecule has 3 nitrogen and oxygen atoms in total. The quantitative estimate of drug-likeness (QED) is 0.636. The third-order valence-corrected chi connectivity index (χ3v) is 4.25. The highest BCUT2D eigenvalue weighted by atomic mass is 16.5. The molecule has 2 aliphatic carbocycles. The molecule has 0 bridgehead atoms. The normalized spacial score (nSPS) is 29.5. The van der Waals surface area contributed by atoms with Crippen LogP contribution in [0.1, 0.15) is 38.5 Å². The van der Waals surface area contributed by atoms with Crippen molar-refractivity contribution in [3.8, 4) is 0 Å². The fourth-order valence-electron chi connectivity index (χ4n) is 2.83. The third-order valence-electron chi connectivity index (χ3n) is 4.25. The predicted molar refractivity (Wildman–Crippen MR) is 70.9 cm³/mol. The summed E-state index contributed by atoms with van der Waals surface area (Å²) in [5, 5.41) is 3.53. The van der Waals surface area contributed by atoms with Crippen LogP contribution in [-0.4, -0.2) is 32.8 Å². The van der Waals surface area contributed by atoms with Crippen LogP contribution in [0.15, 0.2) is 0 Å². The zero-order valence-electron chi connectivity index (χ0n) is 11.0. The number of ether oxygens (including phenoxy) is 1. The van der Waals surface area contributed by atoms with Crippen LogP contribution in [0.5, 0.6) is 0 Å². The molecule has 0 aromatic carbocycles. The van der Waals surface area contributed by atoms with Crippen molar-refractivity contribution in [3.05, 3.63) is 0 Å². The minimum Gasteiger partial charge on any atom is -0.380 e. The molecule has 2 atom stereocenters. The number of nitrogens with one attached hydrogen (secondary N) is 1. The Kier molecular flexibility index (Phi) is 5.75. The van der Waals surface area contributed by atoms with Crippen molar-refractivity contribution in [3.63, 3.8) is 0 Å². The smallest absolute Gasteiger partial charge is 0.0591 e. The lowest BCUT2D eigenvalue weighted by molar-refractivity contribution is 0.123. The first kappa shape index (κ1) is 13.3. The largest absolute Gasteiger partial charge is 0.380 e. The summed E-state index contributed by atoms with van der Waals surface area (Å²) in [6, 6.07) is 0. The molecule has 2 rings (SSSR count). The van der Waals surface area contributed by atoms with Gasteiger partial charge in [-0.1, -0.05) is 12.8 Å².